The summed E-state index contributed by atoms with van der Waals surface area (Å²) >= 11 is 6.04. The Bertz CT molecular complexity index is 352. The summed E-state index contributed by atoms with van der Waals surface area (Å²) in [5.74, 6) is 2.18. The summed E-state index contributed by atoms with van der Waals surface area (Å²) in [6.45, 7) is 0. The quantitative estimate of drug-likeness (QED) is 0.384. The van der Waals surface area contributed by atoms with Crippen LogP contribution >= 0.6 is 24.4 Å². The molecule has 0 N–H and O–H groups in total. The molecular formula is C13H24N4S2. The zero-order valence-electron chi connectivity index (χ0n) is 11.5. The molecule has 1 heterocycles. The largest absolute Gasteiger partial charge is 0.217 e. The first-order valence-corrected chi connectivity index (χ1v) is 9.05. The highest BCUT2D eigenvalue weighted by Gasteiger charge is 2.27. The van der Waals surface area contributed by atoms with Gasteiger partial charge < -0.3 is 0 Å². The zero-order valence-corrected chi connectivity index (χ0v) is 13.2. The van der Waals surface area contributed by atoms with Crippen LogP contribution in [0.25, 0.3) is 0 Å². The molecule has 0 bridgehead atoms. The van der Waals surface area contributed by atoms with Crippen LogP contribution in [-0.4, -0.2) is 31.7 Å². The van der Waals surface area contributed by atoms with Gasteiger partial charge in [-0.15, -0.1) is 5.10 Å². The highest BCUT2D eigenvalue weighted by atomic mass is 32.2. The third-order valence-corrected chi connectivity index (χ3v) is 4.72. The minimum absolute atomic E-state index is 0.587. The van der Waals surface area contributed by atoms with E-state index in [0.717, 1.165) is 16.7 Å². The molecule has 1 saturated carbocycles. The van der Waals surface area contributed by atoms with Crippen LogP contribution in [0.3, 0.4) is 0 Å². The van der Waals surface area contributed by atoms with E-state index >= 15 is 0 Å². The lowest BCUT2D eigenvalue weighted by Crippen LogP contribution is -1.99. The van der Waals surface area contributed by atoms with Gasteiger partial charge >= 0.3 is 0 Å². The van der Waals surface area contributed by atoms with Crippen molar-refractivity contribution in [3.05, 3.63) is 0 Å². The molecule has 1 aliphatic carbocycles. The Hall–Kier alpha value is -0.230. The van der Waals surface area contributed by atoms with Gasteiger partial charge in [0.2, 0.25) is 5.16 Å². The topological polar surface area (TPSA) is 43.6 Å². The number of thiol groups is 1. The van der Waals surface area contributed by atoms with Gasteiger partial charge in [0.1, 0.15) is 0 Å². The summed E-state index contributed by atoms with van der Waals surface area (Å²) in [6, 6.07) is 0.587. The van der Waals surface area contributed by atoms with Crippen molar-refractivity contribution in [2.75, 3.05) is 11.5 Å². The Morgan fingerprint density at radius 2 is 1.74 bits per heavy atom. The van der Waals surface area contributed by atoms with Crippen molar-refractivity contribution in [3.63, 3.8) is 0 Å². The number of aromatic nitrogens is 4. The van der Waals surface area contributed by atoms with Crippen molar-refractivity contribution in [1.29, 1.82) is 0 Å². The van der Waals surface area contributed by atoms with Crippen LogP contribution in [-0.2, 0) is 0 Å². The van der Waals surface area contributed by atoms with E-state index < -0.39 is 0 Å². The average molecular weight is 300 g/mol. The van der Waals surface area contributed by atoms with Gasteiger partial charge in [-0.1, -0.05) is 43.9 Å². The molecular weight excluding hydrogens is 276 g/mol. The van der Waals surface area contributed by atoms with Gasteiger partial charge in [0, 0.05) is 5.75 Å². The highest BCUT2D eigenvalue weighted by molar-refractivity contribution is 7.99. The van der Waals surface area contributed by atoms with Gasteiger partial charge in [0.25, 0.3) is 0 Å². The second-order valence-electron chi connectivity index (χ2n) is 5.18. The first kappa shape index (κ1) is 15.2. The fourth-order valence-electron chi connectivity index (χ4n) is 2.09. The van der Waals surface area contributed by atoms with E-state index in [2.05, 4.69) is 28.2 Å². The Morgan fingerprint density at radius 1 is 1.05 bits per heavy atom. The smallest absolute Gasteiger partial charge is 0.209 e. The van der Waals surface area contributed by atoms with Crippen molar-refractivity contribution in [2.45, 2.75) is 69.0 Å². The lowest BCUT2D eigenvalue weighted by molar-refractivity contribution is 0.564. The van der Waals surface area contributed by atoms with Crippen LogP contribution in [0.15, 0.2) is 5.16 Å². The molecule has 4 nitrogen and oxygen atoms in total. The van der Waals surface area contributed by atoms with E-state index in [1.54, 1.807) is 0 Å². The second kappa shape index (κ2) is 8.84. The number of rotatable bonds is 11. The van der Waals surface area contributed by atoms with Crippen LogP contribution in [0.4, 0.5) is 0 Å². The Kier molecular flexibility index (Phi) is 7.06. The normalized spacial score (nSPS) is 15.0. The van der Waals surface area contributed by atoms with Gasteiger partial charge in [-0.3, -0.25) is 0 Å². The molecule has 1 aromatic rings. The standard InChI is InChI=1S/C13H24N4S2/c18-10-6-4-2-1-3-5-7-11-19-13-14-15-16-17(13)12-8-9-12/h12,18H,1-11H2. The van der Waals surface area contributed by atoms with Gasteiger partial charge in [-0.2, -0.15) is 12.6 Å². The molecule has 0 saturated heterocycles. The predicted molar refractivity (Wildman–Crippen MR) is 83.0 cm³/mol. The van der Waals surface area contributed by atoms with Crippen LogP contribution in [0, 0.1) is 0 Å². The molecule has 108 valence electrons. The molecule has 1 fully saturated rings. The molecule has 6 heteroatoms. The maximum absolute atomic E-state index is 4.23. The van der Waals surface area contributed by atoms with E-state index in [-0.39, 0.29) is 0 Å². The van der Waals surface area contributed by atoms with Crippen molar-refractivity contribution < 1.29 is 0 Å². The molecule has 1 aromatic heterocycles. The molecule has 0 aromatic carbocycles. The molecule has 0 radical (unpaired) electrons. The van der Waals surface area contributed by atoms with Crippen molar-refractivity contribution in [2.24, 2.45) is 0 Å². The number of tetrazole rings is 1. The van der Waals surface area contributed by atoms with Crippen molar-refractivity contribution in [3.8, 4) is 0 Å². The second-order valence-corrected chi connectivity index (χ2v) is 6.69. The number of hydrogen-bond donors (Lipinski definition) is 1. The minimum Gasteiger partial charge on any atom is -0.217 e. The van der Waals surface area contributed by atoms with E-state index in [9.17, 15) is 0 Å². The summed E-state index contributed by atoms with van der Waals surface area (Å²) in [6.07, 6.45) is 11.8. The van der Waals surface area contributed by atoms with Crippen molar-refractivity contribution in [1.82, 2.24) is 20.2 Å². The molecule has 0 spiro atoms. The zero-order chi connectivity index (χ0) is 13.3. The fourth-order valence-corrected chi connectivity index (χ4v) is 3.26. The minimum atomic E-state index is 0.587. The monoisotopic (exact) mass is 300 g/mol. The summed E-state index contributed by atoms with van der Waals surface area (Å²) in [5, 5.41) is 13.0. The average Bonchev–Trinajstić information content (AvgIpc) is 3.16. The lowest BCUT2D eigenvalue weighted by Gasteiger charge is -2.03. The third kappa shape index (κ3) is 5.73. The lowest BCUT2D eigenvalue weighted by atomic mass is 10.1. The van der Waals surface area contributed by atoms with Gasteiger partial charge in [0.05, 0.1) is 6.04 Å². The van der Waals surface area contributed by atoms with Crippen LogP contribution in [0.1, 0.15) is 63.8 Å². The Balaban J connectivity index is 1.46. The first-order chi connectivity index (χ1) is 9.42. The van der Waals surface area contributed by atoms with Crippen molar-refractivity contribution >= 4 is 24.4 Å². The summed E-state index contributed by atoms with van der Waals surface area (Å²) in [7, 11) is 0. The highest BCUT2D eigenvalue weighted by Crippen LogP contribution is 2.36. The molecule has 0 atom stereocenters. The number of unbranched alkanes of at least 4 members (excludes halogenated alkanes) is 6. The van der Waals surface area contributed by atoms with Gasteiger partial charge in [0.15, 0.2) is 0 Å². The molecule has 2 rings (SSSR count). The van der Waals surface area contributed by atoms with E-state index in [0.29, 0.717) is 6.04 Å². The maximum atomic E-state index is 4.23. The molecule has 1 aliphatic rings. The maximum Gasteiger partial charge on any atom is 0.209 e. The summed E-state index contributed by atoms with van der Waals surface area (Å²) in [4.78, 5) is 0. The fraction of sp³-hybridized carbons (Fsp3) is 0.923. The molecule has 0 unspecified atom stereocenters. The number of hydrogen-bond acceptors (Lipinski definition) is 5. The molecule has 0 amide bonds. The van der Waals surface area contributed by atoms with E-state index in [1.807, 2.05) is 16.4 Å². The van der Waals surface area contributed by atoms with Crippen LogP contribution in [0.5, 0.6) is 0 Å². The summed E-state index contributed by atoms with van der Waals surface area (Å²) in [5.41, 5.74) is 0. The predicted octanol–water partition coefficient (Wildman–Crippen LogP) is 3.76. The van der Waals surface area contributed by atoms with Gasteiger partial charge in [-0.25, -0.2) is 4.68 Å². The van der Waals surface area contributed by atoms with Gasteiger partial charge in [-0.05, 0) is 41.9 Å². The Morgan fingerprint density at radius 3 is 2.42 bits per heavy atom. The van der Waals surface area contributed by atoms with Crippen LogP contribution < -0.4 is 0 Å². The first-order valence-electron chi connectivity index (χ1n) is 7.43. The molecule has 0 aliphatic heterocycles. The Labute approximate surface area is 125 Å². The molecule has 19 heavy (non-hydrogen) atoms. The number of thioether (sulfide) groups is 1. The summed E-state index contributed by atoms with van der Waals surface area (Å²) < 4.78 is 2.00. The number of nitrogens with zero attached hydrogens (tertiary/aromatic N) is 4. The van der Waals surface area contributed by atoms with E-state index in [1.165, 1.54) is 57.8 Å². The SMILES string of the molecule is SCCCCCCCCCSc1nnnn1C1CC1. The van der Waals surface area contributed by atoms with Crippen LogP contribution in [0.2, 0.25) is 0 Å². The van der Waals surface area contributed by atoms with E-state index in [4.69, 9.17) is 0 Å². The third-order valence-electron chi connectivity index (χ3n) is 3.39.